The fraction of sp³-hybridized carbons (Fsp3) is 0.333. The van der Waals surface area contributed by atoms with Crippen LogP contribution in [0.25, 0.3) is 0 Å². The first-order chi connectivity index (χ1) is 12.5. The minimum Gasteiger partial charge on any atom is -0.349 e. The smallest absolute Gasteiger partial charge is 0.272 e. The monoisotopic (exact) mass is 395 g/mol. The van der Waals surface area contributed by atoms with Crippen molar-refractivity contribution in [3.63, 3.8) is 0 Å². The van der Waals surface area contributed by atoms with Crippen LogP contribution >= 0.6 is 12.4 Å². The van der Waals surface area contributed by atoms with Crippen LogP contribution in [0.15, 0.2) is 36.7 Å². The van der Waals surface area contributed by atoms with Crippen LogP contribution in [0.3, 0.4) is 0 Å². The van der Waals surface area contributed by atoms with Gasteiger partial charge in [-0.1, -0.05) is 19.1 Å². The Morgan fingerprint density at radius 3 is 2.15 bits per heavy atom. The minimum atomic E-state index is -0.521. The molecule has 3 N–H and O–H groups in total. The summed E-state index contributed by atoms with van der Waals surface area (Å²) in [5.74, 6) is -1.33. The molecule has 0 saturated carbocycles. The Morgan fingerprint density at radius 2 is 1.59 bits per heavy atom. The maximum absolute atomic E-state index is 12.9. The summed E-state index contributed by atoms with van der Waals surface area (Å²) < 4.78 is 12.9. The zero-order valence-electron chi connectivity index (χ0n) is 15.2. The van der Waals surface area contributed by atoms with Crippen molar-refractivity contribution in [2.45, 2.75) is 26.4 Å². The predicted octanol–water partition coefficient (Wildman–Crippen LogP) is 1.70. The van der Waals surface area contributed by atoms with Crippen LogP contribution in [0.2, 0.25) is 0 Å². The Morgan fingerprint density at radius 1 is 1.04 bits per heavy atom. The molecule has 2 amide bonds. The lowest BCUT2D eigenvalue weighted by atomic mass is 10.2. The molecule has 1 aromatic heterocycles. The van der Waals surface area contributed by atoms with Gasteiger partial charge in [-0.15, -0.1) is 12.4 Å². The summed E-state index contributed by atoms with van der Waals surface area (Å²) in [6.07, 6.45) is 2.71. The van der Waals surface area contributed by atoms with Gasteiger partial charge in [0.15, 0.2) is 11.4 Å². The van der Waals surface area contributed by atoms with Gasteiger partial charge in [-0.25, -0.2) is 14.4 Å². The minimum absolute atomic E-state index is 0. The molecule has 0 spiro atoms. The van der Waals surface area contributed by atoms with E-state index in [1.165, 1.54) is 24.5 Å². The number of halogens is 2. The van der Waals surface area contributed by atoms with Gasteiger partial charge in [0.1, 0.15) is 5.82 Å². The van der Waals surface area contributed by atoms with Gasteiger partial charge >= 0.3 is 0 Å². The molecule has 0 fully saturated rings. The number of likely N-dealkylation sites (N-methyl/N-ethyl adjacent to an activating group) is 1. The first kappa shape index (κ1) is 22.5. The van der Waals surface area contributed by atoms with Crippen molar-refractivity contribution in [2.24, 2.45) is 0 Å². The van der Waals surface area contributed by atoms with E-state index >= 15 is 0 Å². The second kappa shape index (κ2) is 11.2. The summed E-state index contributed by atoms with van der Waals surface area (Å²) in [6, 6.07) is 5.86. The van der Waals surface area contributed by atoms with Crippen molar-refractivity contribution in [2.75, 3.05) is 13.1 Å². The van der Waals surface area contributed by atoms with Crippen molar-refractivity contribution in [3.8, 4) is 0 Å². The van der Waals surface area contributed by atoms with Crippen LogP contribution < -0.4 is 16.0 Å². The van der Waals surface area contributed by atoms with Crippen LogP contribution in [0.5, 0.6) is 0 Å². The van der Waals surface area contributed by atoms with E-state index in [1.54, 1.807) is 12.1 Å². The van der Waals surface area contributed by atoms with Gasteiger partial charge < -0.3 is 16.0 Å². The lowest BCUT2D eigenvalue weighted by molar-refractivity contribution is 0.0908. The third-order valence-electron chi connectivity index (χ3n) is 3.62. The van der Waals surface area contributed by atoms with Gasteiger partial charge in [-0.05, 0) is 31.2 Å². The molecule has 9 heteroatoms. The number of hydrogen-bond donors (Lipinski definition) is 3. The highest BCUT2D eigenvalue weighted by Gasteiger charge is 2.20. The molecule has 7 nitrogen and oxygen atoms in total. The summed E-state index contributed by atoms with van der Waals surface area (Å²) in [7, 11) is 0. The van der Waals surface area contributed by atoms with Gasteiger partial charge in [0.05, 0.1) is 0 Å². The second-order valence-electron chi connectivity index (χ2n) is 5.73. The van der Waals surface area contributed by atoms with E-state index in [2.05, 4.69) is 25.9 Å². The average Bonchev–Trinajstić information content (AvgIpc) is 2.65. The van der Waals surface area contributed by atoms with E-state index in [1.807, 2.05) is 13.8 Å². The summed E-state index contributed by atoms with van der Waals surface area (Å²) in [6.45, 7) is 5.30. The molecular formula is C18H23ClFN5O2. The molecule has 0 radical (unpaired) electrons. The number of rotatable bonds is 8. The summed E-state index contributed by atoms with van der Waals surface area (Å²) in [5, 5.41) is 8.57. The highest BCUT2D eigenvalue weighted by atomic mass is 35.5. The number of nitrogens with zero attached hydrogens (tertiary/aromatic N) is 2. The molecule has 2 aromatic rings. The molecule has 27 heavy (non-hydrogen) atoms. The van der Waals surface area contributed by atoms with Crippen LogP contribution in [0.1, 0.15) is 40.4 Å². The fourth-order valence-electron chi connectivity index (χ4n) is 2.29. The third kappa shape index (κ3) is 6.92. The third-order valence-corrected chi connectivity index (χ3v) is 3.62. The number of benzene rings is 1. The summed E-state index contributed by atoms with van der Waals surface area (Å²) >= 11 is 0. The Kier molecular flexibility index (Phi) is 9.32. The molecule has 1 atom stereocenters. The van der Waals surface area contributed by atoms with E-state index in [-0.39, 0.29) is 42.2 Å². The van der Waals surface area contributed by atoms with Gasteiger partial charge in [-0.2, -0.15) is 0 Å². The molecule has 0 aliphatic rings. The van der Waals surface area contributed by atoms with Gasteiger partial charge in [0, 0.05) is 31.5 Å². The number of aromatic nitrogens is 2. The number of amides is 2. The molecule has 0 aliphatic heterocycles. The van der Waals surface area contributed by atoms with Gasteiger partial charge in [0.2, 0.25) is 0 Å². The largest absolute Gasteiger partial charge is 0.349 e. The molecule has 0 aliphatic carbocycles. The van der Waals surface area contributed by atoms with Crippen LogP contribution in [-0.2, 0) is 6.54 Å². The quantitative estimate of drug-likeness (QED) is 0.632. The van der Waals surface area contributed by atoms with Crippen molar-refractivity contribution in [3.05, 3.63) is 59.4 Å². The summed E-state index contributed by atoms with van der Waals surface area (Å²) in [5.41, 5.74) is 0.644. The highest BCUT2D eigenvalue weighted by molar-refractivity contribution is 6.04. The zero-order chi connectivity index (χ0) is 18.9. The normalized spacial score (nSPS) is 11.2. The number of carbonyl (C=O) groups is 2. The Bertz CT molecular complexity index is 758. The van der Waals surface area contributed by atoms with Gasteiger partial charge in [-0.3, -0.25) is 9.59 Å². The van der Waals surface area contributed by atoms with E-state index in [0.717, 1.165) is 12.1 Å². The Labute approximate surface area is 163 Å². The number of carbonyl (C=O) groups excluding carboxylic acids is 2. The maximum atomic E-state index is 12.9. The van der Waals surface area contributed by atoms with E-state index in [0.29, 0.717) is 6.54 Å². The predicted molar refractivity (Wildman–Crippen MR) is 102 cm³/mol. The molecule has 0 unspecified atom stereocenters. The van der Waals surface area contributed by atoms with E-state index in [4.69, 9.17) is 0 Å². The number of nitrogens with one attached hydrogen (secondary N) is 3. The molecule has 1 aromatic carbocycles. The molecule has 2 rings (SSSR count). The zero-order valence-corrected chi connectivity index (χ0v) is 16.0. The molecule has 146 valence electrons. The topological polar surface area (TPSA) is 96.0 Å². The molecule has 1 heterocycles. The lowest BCUT2D eigenvalue weighted by Crippen LogP contribution is -2.40. The average molecular weight is 396 g/mol. The van der Waals surface area contributed by atoms with Crippen molar-refractivity contribution in [1.82, 2.24) is 25.9 Å². The van der Waals surface area contributed by atoms with Crippen LogP contribution in [0, 0.1) is 5.82 Å². The second-order valence-corrected chi connectivity index (χ2v) is 5.73. The highest BCUT2D eigenvalue weighted by Crippen LogP contribution is 2.05. The molecule has 0 bridgehead atoms. The van der Waals surface area contributed by atoms with Crippen LogP contribution in [0.4, 0.5) is 4.39 Å². The van der Waals surface area contributed by atoms with E-state index < -0.39 is 11.8 Å². The van der Waals surface area contributed by atoms with Crippen molar-refractivity contribution in [1.29, 1.82) is 0 Å². The molecule has 0 saturated heterocycles. The number of hydrogen-bond acceptors (Lipinski definition) is 5. The maximum Gasteiger partial charge on any atom is 0.272 e. The fourth-order valence-corrected chi connectivity index (χ4v) is 2.29. The molecular weight excluding hydrogens is 373 g/mol. The van der Waals surface area contributed by atoms with Crippen molar-refractivity contribution >= 4 is 24.2 Å². The SMILES string of the molecule is CCN[C@H](C)CNC(=O)c1nccnc1C(=O)NCc1ccc(F)cc1.Cl. The lowest BCUT2D eigenvalue weighted by Gasteiger charge is -2.13. The Hall–Kier alpha value is -2.58. The van der Waals surface area contributed by atoms with Crippen LogP contribution in [-0.4, -0.2) is 40.9 Å². The Balaban J connectivity index is 0.00000364. The van der Waals surface area contributed by atoms with Crippen molar-refractivity contribution < 1.29 is 14.0 Å². The standard InChI is InChI=1S/C18H22FN5O2.ClH/c1-3-20-12(2)10-23-17(25)15-16(22-9-8-21-15)18(26)24-11-13-4-6-14(19)7-5-13;/h4-9,12,20H,3,10-11H2,1-2H3,(H,23,25)(H,24,26);1H/t12-;/m1./s1. The van der Waals surface area contributed by atoms with Gasteiger partial charge in [0.25, 0.3) is 11.8 Å². The summed E-state index contributed by atoms with van der Waals surface area (Å²) in [4.78, 5) is 32.7. The first-order valence-electron chi connectivity index (χ1n) is 8.36. The van der Waals surface area contributed by atoms with E-state index in [9.17, 15) is 14.0 Å². The first-order valence-corrected chi connectivity index (χ1v) is 8.36.